The molecule has 1 aliphatic heterocycles. The Morgan fingerprint density at radius 2 is 1.91 bits per heavy atom. The number of H-pyrrole nitrogens is 1. The lowest BCUT2D eigenvalue weighted by Gasteiger charge is -2.27. The molecule has 1 aromatic carbocycles. The highest BCUT2D eigenvalue weighted by molar-refractivity contribution is 6.28. The maximum Gasteiger partial charge on any atom is 0.268 e. The van der Waals surface area contributed by atoms with Crippen LogP contribution in [0.5, 0.6) is 0 Å². The van der Waals surface area contributed by atoms with E-state index in [0.29, 0.717) is 30.7 Å². The van der Waals surface area contributed by atoms with Gasteiger partial charge in [-0.25, -0.2) is 4.39 Å². The van der Waals surface area contributed by atoms with Gasteiger partial charge in [0, 0.05) is 17.8 Å². The molecule has 8 nitrogen and oxygen atoms in total. The number of aromatic amines is 1. The lowest BCUT2D eigenvalue weighted by molar-refractivity contribution is -0.131. The van der Waals surface area contributed by atoms with E-state index in [9.17, 15) is 23.6 Å². The Kier molecular flexibility index (Phi) is 7.50. The van der Waals surface area contributed by atoms with Crippen LogP contribution in [0.1, 0.15) is 49.0 Å². The molecule has 1 aliphatic carbocycles. The Labute approximate surface area is 201 Å². The number of fused-ring (bicyclic) bond motifs is 1. The number of ketones is 1. The zero-order chi connectivity index (χ0) is 24.2. The summed E-state index contributed by atoms with van der Waals surface area (Å²) in [6.45, 7) is 0.600. The fraction of sp³-hybridized carbons (Fsp3) is 0.500. The number of rotatable bonds is 10. The lowest BCUT2D eigenvalue weighted by Crippen LogP contribution is -2.53. The Bertz CT molecular complexity index is 1100. The fourth-order valence-corrected chi connectivity index (χ4v) is 4.56. The number of para-hydroxylation sites is 1. The zero-order valence-corrected chi connectivity index (χ0v) is 19.4. The van der Waals surface area contributed by atoms with Gasteiger partial charge < -0.3 is 20.9 Å². The van der Waals surface area contributed by atoms with Crippen LogP contribution in [0.4, 0.5) is 4.39 Å². The molecule has 4 N–H and O–H groups in total. The standard InChI is InChI=1S/C24H28ClFN4O4/c25-12-20(31)17(11-15-4-2-8-27-22(15)32)29-23(33)18(9-13-6-7-13)30-24(34)19-10-14-3-1-5-16(26)21(14)28-19/h1,3,5,10,13,15,17-18,28H,2,4,6-9,11-12H2,(H,27,32)(H,29,33)(H,30,34)/t15-,17-,18-/m0/s1. The van der Waals surface area contributed by atoms with E-state index in [4.69, 9.17) is 11.6 Å². The first-order chi connectivity index (χ1) is 16.4. The van der Waals surface area contributed by atoms with Gasteiger partial charge in [0.05, 0.1) is 17.4 Å². The summed E-state index contributed by atoms with van der Waals surface area (Å²) in [7, 11) is 0. The maximum atomic E-state index is 14.0. The van der Waals surface area contributed by atoms with Crippen LogP contribution in [0.2, 0.25) is 0 Å². The Morgan fingerprint density at radius 3 is 2.59 bits per heavy atom. The molecule has 0 radical (unpaired) electrons. The molecule has 4 rings (SSSR count). The van der Waals surface area contributed by atoms with Crippen molar-refractivity contribution in [2.24, 2.45) is 11.8 Å². The minimum Gasteiger partial charge on any atom is -0.356 e. The molecule has 1 saturated carbocycles. The summed E-state index contributed by atoms with van der Waals surface area (Å²) >= 11 is 5.77. The molecule has 2 aromatic rings. The number of hydrogen-bond donors (Lipinski definition) is 4. The first-order valence-corrected chi connectivity index (χ1v) is 12.1. The molecule has 0 bridgehead atoms. The second kappa shape index (κ2) is 10.5. The van der Waals surface area contributed by atoms with Crippen molar-refractivity contribution < 1.29 is 23.6 Å². The molecular formula is C24H28ClFN4O4. The van der Waals surface area contributed by atoms with Crippen LogP contribution >= 0.6 is 11.6 Å². The lowest BCUT2D eigenvalue weighted by atomic mass is 9.90. The molecule has 2 aliphatic rings. The van der Waals surface area contributed by atoms with E-state index in [1.165, 1.54) is 12.1 Å². The molecule has 2 heterocycles. The van der Waals surface area contributed by atoms with Gasteiger partial charge in [-0.3, -0.25) is 19.2 Å². The van der Waals surface area contributed by atoms with E-state index in [2.05, 4.69) is 20.9 Å². The second-order valence-corrected chi connectivity index (χ2v) is 9.39. The molecule has 0 unspecified atom stereocenters. The van der Waals surface area contributed by atoms with E-state index < -0.39 is 29.7 Å². The number of amides is 3. The highest BCUT2D eigenvalue weighted by Gasteiger charge is 2.34. The van der Waals surface area contributed by atoms with Crippen LogP contribution in [-0.4, -0.2) is 53.0 Å². The first-order valence-electron chi connectivity index (χ1n) is 11.6. The van der Waals surface area contributed by atoms with Crippen LogP contribution in [0, 0.1) is 17.7 Å². The van der Waals surface area contributed by atoms with Gasteiger partial charge in [-0.05, 0) is 43.7 Å². The topological polar surface area (TPSA) is 120 Å². The normalized spacial score (nSPS) is 19.8. The smallest absolute Gasteiger partial charge is 0.268 e. The van der Waals surface area contributed by atoms with E-state index in [-0.39, 0.29) is 41.1 Å². The molecule has 182 valence electrons. The predicted octanol–water partition coefficient (Wildman–Crippen LogP) is 2.41. The van der Waals surface area contributed by atoms with Crippen LogP contribution in [0.15, 0.2) is 24.3 Å². The number of benzene rings is 1. The number of nitrogens with one attached hydrogen (secondary N) is 4. The fourth-order valence-electron chi connectivity index (χ4n) is 4.38. The van der Waals surface area contributed by atoms with Crippen molar-refractivity contribution >= 4 is 46.0 Å². The number of halogens is 2. The van der Waals surface area contributed by atoms with Crippen LogP contribution in [0.3, 0.4) is 0 Å². The molecule has 10 heteroatoms. The van der Waals surface area contributed by atoms with Gasteiger partial charge in [0.2, 0.25) is 11.8 Å². The van der Waals surface area contributed by atoms with Gasteiger partial charge in [0.25, 0.3) is 5.91 Å². The summed E-state index contributed by atoms with van der Waals surface area (Å²) in [6.07, 6.45) is 3.95. The number of aromatic nitrogens is 1. The minimum absolute atomic E-state index is 0.137. The third kappa shape index (κ3) is 5.75. The van der Waals surface area contributed by atoms with E-state index in [0.717, 1.165) is 19.3 Å². The summed E-state index contributed by atoms with van der Waals surface area (Å²) in [5.41, 5.74) is 0.357. The largest absolute Gasteiger partial charge is 0.356 e. The second-order valence-electron chi connectivity index (χ2n) is 9.12. The molecule has 3 amide bonds. The zero-order valence-electron chi connectivity index (χ0n) is 18.7. The average Bonchev–Trinajstić information content (AvgIpc) is 3.53. The summed E-state index contributed by atoms with van der Waals surface area (Å²) < 4.78 is 14.0. The van der Waals surface area contributed by atoms with E-state index >= 15 is 0 Å². The van der Waals surface area contributed by atoms with Crippen molar-refractivity contribution in [3.8, 4) is 0 Å². The highest BCUT2D eigenvalue weighted by atomic mass is 35.5. The Balaban J connectivity index is 1.46. The number of carbonyl (C=O) groups excluding carboxylic acids is 4. The summed E-state index contributed by atoms with van der Waals surface area (Å²) in [4.78, 5) is 53.4. The highest BCUT2D eigenvalue weighted by Crippen LogP contribution is 2.33. The van der Waals surface area contributed by atoms with E-state index in [1.54, 1.807) is 12.1 Å². The number of carbonyl (C=O) groups is 4. The number of hydrogen-bond acceptors (Lipinski definition) is 4. The third-order valence-electron chi connectivity index (χ3n) is 6.49. The summed E-state index contributed by atoms with van der Waals surface area (Å²) in [6, 6.07) is 4.27. The van der Waals surface area contributed by atoms with Gasteiger partial charge >= 0.3 is 0 Å². The Morgan fingerprint density at radius 1 is 1.12 bits per heavy atom. The van der Waals surface area contributed by atoms with Crippen molar-refractivity contribution in [1.29, 1.82) is 0 Å². The van der Waals surface area contributed by atoms with Crippen LogP contribution in [0.25, 0.3) is 10.9 Å². The minimum atomic E-state index is -0.917. The van der Waals surface area contributed by atoms with Crippen molar-refractivity contribution in [1.82, 2.24) is 20.9 Å². The molecule has 0 spiro atoms. The first kappa shape index (κ1) is 24.2. The van der Waals surface area contributed by atoms with Crippen molar-refractivity contribution in [3.05, 3.63) is 35.8 Å². The van der Waals surface area contributed by atoms with Crippen molar-refractivity contribution in [2.75, 3.05) is 12.4 Å². The molecule has 34 heavy (non-hydrogen) atoms. The van der Waals surface area contributed by atoms with Gasteiger partial charge in [0.15, 0.2) is 5.78 Å². The van der Waals surface area contributed by atoms with Crippen molar-refractivity contribution in [2.45, 2.75) is 50.6 Å². The average molecular weight is 491 g/mol. The number of alkyl halides is 1. The monoisotopic (exact) mass is 490 g/mol. The number of Topliss-reactive ketones (excluding diaryl/α,β-unsaturated/α-hetero) is 1. The quantitative estimate of drug-likeness (QED) is 0.382. The van der Waals surface area contributed by atoms with Crippen molar-refractivity contribution in [3.63, 3.8) is 0 Å². The van der Waals surface area contributed by atoms with Gasteiger partial charge in [-0.15, -0.1) is 11.6 Å². The summed E-state index contributed by atoms with van der Waals surface area (Å²) in [5.74, 6) is -2.40. The Hall–Kier alpha value is -2.94. The van der Waals surface area contributed by atoms with Crippen LogP contribution in [-0.2, 0) is 14.4 Å². The predicted molar refractivity (Wildman–Crippen MR) is 125 cm³/mol. The van der Waals surface area contributed by atoms with E-state index in [1.807, 2.05) is 0 Å². The molecule has 2 fully saturated rings. The molecular weight excluding hydrogens is 463 g/mol. The molecule has 3 atom stereocenters. The van der Waals surface area contributed by atoms with Crippen LogP contribution < -0.4 is 16.0 Å². The maximum absolute atomic E-state index is 14.0. The summed E-state index contributed by atoms with van der Waals surface area (Å²) in [5, 5.41) is 8.78. The third-order valence-corrected chi connectivity index (χ3v) is 6.76. The van der Waals surface area contributed by atoms with Gasteiger partial charge in [-0.2, -0.15) is 0 Å². The SMILES string of the molecule is O=C(N[C@@H](CC1CC1)C(=O)N[C@@H](C[C@@H]1CCCNC1=O)C(=O)CCl)c1cc2cccc(F)c2[nH]1. The number of piperidine rings is 1. The molecule has 1 saturated heterocycles. The molecule has 1 aromatic heterocycles. The van der Waals surface area contributed by atoms with Gasteiger partial charge in [0.1, 0.15) is 17.6 Å². The van der Waals surface area contributed by atoms with Gasteiger partial charge in [-0.1, -0.05) is 25.0 Å².